The molecule has 1 saturated heterocycles. The van der Waals surface area contributed by atoms with Crippen LogP contribution < -0.4 is 11.1 Å². The minimum atomic E-state index is -4.64. The Morgan fingerprint density at radius 2 is 1.74 bits per heavy atom. The van der Waals surface area contributed by atoms with Crippen LogP contribution in [0.25, 0.3) is 0 Å². The molecule has 17 heteroatoms. The molecule has 4 bridgehead atoms. The SMILES string of the molecule is N#C[C@@H]1CCCN1C(=O)CNC12CC3CC(CC(O)(C3)C1)C2.N[C@@H](CC(=O)N1CCn2c(nnc2C(F)(F)F)C1)Cc1cc(F)c(F)cc1F. The van der Waals surface area contributed by atoms with Gasteiger partial charge in [-0.2, -0.15) is 18.4 Å². The van der Waals surface area contributed by atoms with Crippen molar-refractivity contribution in [3.8, 4) is 6.07 Å². The summed E-state index contributed by atoms with van der Waals surface area (Å²) in [7, 11) is 0. The third-order valence-corrected chi connectivity index (χ3v) is 10.7. The molecule has 4 atom stereocenters. The Morgan fingerprint density at radius 1 is 1.04 bits per heavy atom. The summed E-state index contributed by atoms with van der Waals surface area (Å²) in [6.45, 7) is 0.720. The monoisotopic (exact) mass is 710 g/mol. The number of hydrogen-bond donors (Lipinski definition) is 3. The number of amides is 2. The van der Waals surface area contributed by atoms with E-state index in [0.29, 0.717) is 37.1 Å². The van der Waals surface area contributed by atoms with Gasteiger partial charge in [-0.05, 0) is 81.3 Å². The number of nitrogens with two attached hydrogens (primary N) is 1. The van der Waals surface area contributed by atoms with Crippen molar-refractivity contribution < 1.29 is 41.0 Å². The minimum absolute atomic E-state index is 0.000783. The fourth-order valence-corrected chi connectivity index (χ4v) is 8.99. The zero-order valence-corrected chi connectivity index (χ0v) is 27.4. The Kier molecular flexibility index (Phi) is 9.92. The second-order valence-corrected chi connectivity index (χ2v) is 14.6. The average molecular weight is 711 g/mol. The number of alkyl halides is 3. The molecule has 8 rings (SSSR count). The van der Waals surface area contributed by atoms with Crippen molar-refractivity contribution in [1.82, 2.24) is 29.9 Å². The summed E-state index contributed by atoms with van der Waals surface area (Å²) in [6.07, 6.45) is 2.76. The van der Waals surface area contributed by atoms with Gasteiger partial charge < -0.3 is 30.5 Å². The second kappa shape index (κ2) is 13.8. The summed E-state index contributed by atoms with van der Waals surface area (Å²) >= 11 is 0. The lowest BCUT2D eigenvalue weighted by atomic mass is 9.51. The molecule has 2 unspecified atom stereocenters. The molecule has 11 nitrogen and oxygen atoms in total. The highest BCUT2D eigenvalue weighted by Crippen LogP contribution is 2.57. The Bertz CT molecular complexity index is 1650. The molecule has 4 saturated carbocycles. The predicted molar refractivity (Wildman–Crippen MR) is 164 cm³/mol. The maximum atomic E-state index is 13.7. The molecule has 4 aliphatic carbocycles. The Hall–Kier alpha value is -3.75. The van der Waals surface area contributed by atoms with Gasteiger partial charge in [0.2, 0.25) is 17.6 Å². The molecular formula is C33H40F6N8O3. The van der Waals surface area contributed by atoms with E-state index in [9.17, 15) is 41.0 Å². The van der Waals surface area contributed by atoms with Gasteiger partial charge in [0.15, 0.2) is 17.5 Å². The quantitative estimate of drug-likeness (QED) is 0.293. The molecule has 1 aromatic heterocycles. The third kappa shape index (κ3) is 7.62. The number of nitrogens with one attached hydrogen (secondary N) is 1. The van der Waals surface area contributed by atoms with E-state index in [2.05, 4.69) is 21.6 Å². The van der Waals surface area contributed by atoms with Gasteiger partial charge in [0.05, 0.1) is 24.8 Å². The third-order valence-electron chi connectivity index (χ3n) is 10.7. The highest BCUT2D eigenvalue weighted by atomic mass is 19.4. The van der Waals surface area contributed by atoms with Crippen LogP contribution >= 0.6 is 0 Å². The topological polar surface area (TPSA) is 153 Å². The predicted octanol–water partition coefficient (Wildman–Crippen LogP) is 3.19. The molecule has 3 heterocycles. The summed E-state index contributed by atoms with van der Waals surface area (Å²) in [5.74, 6) is -3.86. The number of likely N-dealkylation sites (tertiary alicyclic amines) is 1. The maximum absolute atomic E-state index is 13.7. The van der Waals surface area contributed by atoms with Gasteiger partial charge in [0.25, 0.3) is 0 Å². The summed E-state index contributed by atoms with van der Waals surface area (Å²) in [4.78, 5) is 27.8. The van der Waals surface area contributed by atoms with Gasteiger partial charge in [-0.15, -0.1) is 10.2 Å². The maximum Gasteiger partial charge on any atom is 0.451 e. The normalized spacial score (nSPS) is 28.9. The van der Waals surface area contributed by atoms with Crippen molar-refractivity contribution in [1.29, 1.82) is 5.26 Å². The summed E-state index contributed by atoms with van der Waals surface area (Å²) in [6, 6.07) is 2.18. The molecule has 0 radical (unpaired) electrons. The molecular weight excluding hydrogens is 670 g/mol. The van der Waals surface area contributed by atoms with Crippen LogP contribution in [0.1, 0.15) is 75.0 Å². The fourth-order valence-electron chi connectivity index (χ4n) is 8.99. The van der Waals surface area contributed by atoms with Crippen molar-refractivity contribution in [2.24, 2.45) is 17.6 Å². The van der Waals surface area contributed by atoms with Gasteiger partial charge in [-0.25, -0.2) is 13.2 Å². The molecule has 272 valence electrons. The van der Waals surface area contributed by atoms with Crippen molar-refractivity contribution >= 4 is 11.8 Å². The van der Waals surface area contributed by atoms with E-state index < -0.39 is 47.0 Å². The van der Waals surface area contributed by atoms with E-state index >= 15 is 0 Å². The van der Waals surface area contributed by atoms with Gasteiger partial charge in [-0.1, -0.05) is 0 Å². The Balaban J connectivity index is 0.000000177. The van der Waals surface area contributed by atoms with Crippen LogP contribution in [0.5, 0.6) is 0 Å². The van der Waals surface area contributed by atoms with Gasteiger partial charge in [0, 0.05) is 43.7 Å². The van der Waals surface area contributed by atoms with Crippen LogP contribution in [0.3, 0.4) is 0 Å². The lowest BCUT2D eigenvalue weighted by molar-refractivity contribution is -0.148. The van der Waals surface area contributed by atoms with E-state index in [0.717, 1.165) is 49.5 Å². The minimum Gasteiger partial charge on any atom is -0.390 e. The van der Waals surface area contributed by atoms with Crippen LogP contribution in [0.15, 0.2) is 12.1 Å². The van der Waals surface area contributed by atoms with E-state index in [-0.39, 0.29) is 61.4 Å². The number of nitriles is 1. The number of carbonyl (C=O) groups excluding carboxylic acids is 2. The van der Waals surface area contributed by atoms with Gasteiger partial charge >= 0.3 is 6.18 Å². The average Bonchev–Trinajstić information content (AvgIpc) is 3.69. The molecule has 2 amide bonds. The zero-order valence-electron chi connectivity index (χ0n) is 27.4. The van der Waals surface area contributed by atoms with Gasteiger partial charge in [-0.3, -0.25) is 9.59 Å². The number of fused-ring (bicyclic) bond motifs is 1. The molecule has 0 spiro atoms. The number of rotatable bonds is 7. The van der Waals surface area contributed by atoms with Crippen molar-refractivity contribution in [2.45, 2.75) is 107 Å². The van der Waals surface area contributed by atoms with E-state index in [1.807, 2.05) is 0 Å². The van der Waals surface area contributed by atoms with Crippen LogP contribution in [0, 0.1) is 40.6 Å². The van der Waals surface area contributed by atoms with Crippen LogP contribution in [0.2, 0.25) is 0 Å². The lowest BCUT2D eigenvalue weighted by Crippen LogP contribution is -2.65. The Labute approximate surface area is 284 Å². The smallest absolute Gasteiger partial charge is 0.390 e. The van der Waals surface area contributed by atoms with E-state index in [1.165, 1.54) is 11.3 Å². The van der Waals surface area contributed by atoms with Crippen molar-refractivity contribution in [3.63, 3.8) is 0 Å². The number of benzene rings is 1. The molecule has 50 heavy (non-hydrogen) atoms. The molecule has 5 fully saturated rings. The number of carbonyl (C=O) groups is 2. The molecule has 4 N–H and O–H groups in total. The summed E-state index contributed by atoms with van der Waals surface area (Å²) in [5, 5.41) is 30.0. The molecule has 6 aliphatic rings. The number of aliphatic hydroxyl groups is 1. The van der Waals surface area contributed by atoms with E-state index in [1.54, 1.807) is 4.90 Å². The van der Waals surface area contributed by atoms with Crippen LogP contribution in [0.4, 0.5) is 26.3 Å². The Morgan fingerprint density at radius 3 is 2.40 bits per heavy atom. The van der Waals surface area contributed by atoms with Gasteiger partial charge in [0.1, 0.15) is 11.9 Å². The number of hydrogen-bond acceptors (Lipinski definition) is 8. The van der Waals surface area contributed by atoms with Crippen LogP contribution in [-0.2, 0) is 35.3 Å². The second-order valence-electron chi connectivity index (χ2n) is 14.6. The highest BCUT2D eigenvalue weighted by Gasteiger charge is 2.57. The number of nitrogens with zero attached hydrogens (tertiary/aromatic N) is 6. The standard InChI is InChI=1S/C17H25N3O2.C16H15F6N5O/c18-9-14-2-1-3-20(14)15(21)10-19-16-5-12-4-13(6-16)8-17(22,7-12)11-16;17-10-6-12(19)11(18)4-8(10)3-9(23)5-14(28)26-1-2-27-13(7-26)24-25-15(27)16(20,21)22/h12-14,19,22H,1-8,10-11H2;4,6,9H,1-3,5,7,23H2/t12?,13?,14-,16?,17?;9-/m01/s1. The van der Waals surface area contributed by atoms with Crippen molar-refractivity contribution in [3.05, 3.63) is 46.8 Å². The summed E-state index contributed by atoms with van der Waals surface area (Å²) in [5.41, 5.74) is 5.10. The molecule has 2 aliphatic heterocycles. The molecule has 2 aromatic rings. The zero-order chi connectivity index (χ0) is 36.0. The first-order valence-corrected chi connectivity index (χ1v) is 16.9. The lowest BCUT2D eigenvalue weighted by Gasteiger charge is -2.60. The highest BCUT2D eigenvalue weighted by molar-refractivity contribution is 5.79. The van der Waals surface area contributed by atoms with Crippen LogP contribution in [-0.4, -0.2) is 84.3 Å². The molecule has 1 aromatic carbocycles. The first-order valence-electron chi connectivity index (χ1n) is 16.9. The summed E-state index contributed by atoms with van der Waals surface area (Å²) < 4.78 is 79.3. The van der Waals surface area contributed by atoms with E-state index in [4.69, 9.17) is 11.0 Å². The first-order chi connectivity index (χ1) is 23.6. The van der Waals surface area contributed by atoms with Crippen molar-refractivity contribution in [2.75, 3.05) is 19.6 Å². The number of aromatic nitrogens is 3. The fraction of sp³-hybridized carbons (Fsp3) is 0.667. The number of halogens is 6. The first kappa shape index (κ1) is 36.1. The largest absolute Gasteiger partial charge is 0.451 e.